The molecule has 0 aromatic heterocycles. The largest absolute Gasteiger partial charge is 0.290 e. The average Bonchev–Trinajstić information content (AvgIpc) is 2.26. The molecule has 0 bridgehead atoms. The molecule has 0 unspecified atom stereocenters. The molecule has 0 aromatic rings. The Hall–Kier alpha value is -0.850. The van der Waals surface area contributed by atoms with Crippen molar-refractivity contribution >= 4 is 5.78 Å². The molecule has 0 saturated heterocycles. The van der Waals surface area contributed by atoms with Gasteiger partial charge in [-0.05, 0) is 63.5 Å². The molecule has 0 saturated carbocycles. The maximum absolute atomic E-state index is 11.9. The Balaban J connectivity index is 4.10. The van der Waals surface area contributed by atoms with Gasteiger partial charge in [-0.25, -0.2) is 0 Å². The Morgan fingerprint density at radius 3 is 1.45 bits per heavy atom. The van der Waals surface area contributed by atoms with Crippen molar-refractivity contribution in [2.75, 3.05) is 0 Å². The van der Waals surface area contributed by atoms with E-state index in [0.29, 0.717) is 0 Å². The zero-order chi connectivity index (χ0) is 15.5. The molecular weight excluding hydrogens is 244 g/mol. The summed E-state index contributed by atoms with van der Waals surface area (Å²) in [6.45, 7) is 13.1. The topological polar surface area (TPSA) is 17.1 Å². The van der Waals surface area contributed by atoms with Crippen LogP contribution in [0.1, 0.15) is 80.1 Å². The predicted molar refractivity (Wildman–Crippen MR) is 89.9 cm³/mol. The van der Waals surface area contributed by atoms with Crippen molar-refractivity contribution in [1.82, 2.24) is 0 Å². The van der Waals surface area contributed by atoms with Crippen LogP contribution in [0, 0.1) is 11.8 Å². The molecule has 116 valence electrons. The standard InChI is InChI=1S/C19H34O/c1-15(2)9-7-11-17(5)13-19(20)14-18(6)12-8-10-16(3)4/h13-16H,7-12H2,1-6H3. The Kier molecular flexibility index (Phi) is 10.4. The van der Waals surface area contributed by atoms with Gasteiger partial charge in [0.15, 0.2) is 5.78 Å². The van der Waals surface area contributed by atoms with Gasteiger partial charge in [0.25, 0.3) is 0 Å². The molecule has 0 radical (unpaired) electrons. The number of rotatable bonds is 10. The smallest absolute Gasteiger partial charge is 0.178 e. The highest BCUT2D eigenvalue weighted by Gasteiger charge is 2.00. The molecule has 0 fully saturated rings. The van der Waals surface area contributed by atoms with Gasteiger partial charge in [-0.1, -0.05) is 51.7 Å². The molecule has 0 aliphatic rings. The normalized spacial score (nSPS) is 13.4. The van der Waals surface area contributed by atoms with E-state index < -0.39 is 0 Å². The molecule has 0 amide bonds. The minimum absolute atomic E-state index is 0.161. The van der Waals surface area contributed by atoms with Crippen molar-refractivity contribution in [2.24, 2.45) is 11.8 Å². The summed E-state index contributed by atoms with van der Waals surface area (Å²) in [6.07, 6.45) is 10.6. The lowest BCUT2D eigenvalue weighted by molar-refractivity contribution is -0.110. The van der Waals surface area contributed by atoms with Gasteiger partial charge in [-0.15, -0.1) is 0 Å². The summed E-state index contributed by atoms with van der Waals surface area (Å²) in [7, 11) is 0. The number of hydrogen-bond donors (Lipinski definition) is 0. The van der Waals surface area contributed by atoms with Gasteiger partial charge in [-0.2, -0.15) is 0 Å². The quantitative estimate of drug-likeness (QED) is 0.441. The predicted octanol–water partition coefficient (Wildman–Crippen LogP) is 6.10. The molecule has 0 heterocycles. The summed E-state index contributed by atoms with van der Waals surface area (Å²) < 4.78 is 0. The van der Waals surface area contributed by atoms with E-state index in [-0.39, 0.29) is 5.78 Å². The minimum Gasteiger partial charge on any atom is -0.290 e. The number of hydrogen-bond acceptors (Lipinski definition) is 1. The van der Waals surface area contributed by atoms with Crippen molar-refractivity contribution in [1.29, 1.82) is 0 Å². The average molecular weight is 278 g/mol. The lowest BCUT2D eigenvalue weighted by Crippen LogP contribution is -1.94. The number of carbonyl (C=O) groups is 1. The third-order valence-corrected chi connectivity index (χ3v) is 3.48. The molecule has 0 aromatic carbocycles. The van der Waals surface area contributed by atoms with Crippen molar-refractivity contribution < 1.29 is 4.79 Å². The second-order valence-electron chi connectivity index (χ2n) is 6.96. The van der Waals surface area contributed by atoms with Crippen LogP contribution >= 0.6 is 0 Å². The van der Waals surface area contributed by atoms with Gasteiger partial charge in [0.2, 0.25) is 0 Å². The SMILES string of the molecule is CC(=CC(=O)C=C(C)CCCC(C)C)CCCC(C)C. The first-order valence-electron chi connectivity index (χ1n) is 8.19. The summed E-state index contributed by atoms with van der Waals surface area (Å²) in [4.78, 5) is 11.9. The van der Waals surface area contributed by atoms with E-state index in [1.165, 1.54) is 36.8 Å². The molecule has 20 heavy (non-hydrogen) atoms. The zero-order valence-electron chi connectivity index (χ0n) is 14.5. The van der Waals surface area contributed by atoms with Crippen molar-refractivity contribution in [3.05, 3.63) is 23.3 Å². The maximum Gasteiger partial charge on any atom is 0.178 e. The third kappa shape index (κ3) is 12.2. The fraction of sp³-hybridized carbons (Fsp3) is 0.737. The van der Waals surface area contributed by atoms with Crippen LogP contribution in [0.4, 0.5) is 0 Å². The van der Waals surface area contributed by atoms with Gasteiger partial charge in [0.05, 0.1) is 0 Å². The van der Waals surface area contributed by atoms with Crippen LogP contribution < -0.4 is 0 Å². The number of carbonyl (C=O) groups excluding carboxylic acids is 1. The zero-order valence-corrected chi connectivity index (χ0v) is 14.5. The van der Waals surface area contributed by atoms with E-state index in [2.05, 4.69) is 41.5 Å². The van der Waals surface area contributed by atoms with Gasteiger partial charge < -0.3 is 0 Å². The first-order valence-corrected chi connectivity index (χ1v) is 8.19. The number of ketones is 1. The van der Waals surface area contributed by atoms with Crippen LogP contribution in [-0.4, -0.2) is 5.78 Å². The lowest BCUT2D eigenvalue weighted by Gasteiger charge is -2.05. The van der Waals surface area contributed by atoms with Crippen LogP contribution in [0.2, 0.25) is 0 Å². The lowest BCUT2D eigenvalue weighted by atomic mass is 10.0. The molecule has 0 N–H and O–H groups in total. The molecule has 0 aliphatic carbocycles. The molecule has 0 atom stereocenters. The minimum atomic E-state index is 0.161. The second-order valence-corrected chi connectivity index (χ2v) is 6.96. The summed E-state index contributed by atoms with van der Waals surface area (Å²) in [5.74, 6) is 1.66. The molecule has 1 heteroatoms. The van der Waals surface area contributed by atoms with Gasteiger partial charge in [0.1, 0.15) is 0 Å². The van der Waals surface area contributed by atoms with Crippen LogP contribution in [0.3, 0.4) is 0 Å². The van der Waals surface area contributed by atoms with Crippen molar-refractivity contribution in [3.63, 3.8) is 0 Å². The summed E-state index contributed by atoms with van der Waals surface area (Å²) in [6, 6.07) is 0. The Morgan fingerprint density at radius 2 is 1.15 bits per heavy atom. The van der Waals surface area contributed by atoms with Crippen LogP contribution in [0.25, 0.3) is 0 Å². The van der Waals surface area contributed by atoms with E-state index in [4.69, 9.17) is 0 Å². The Bertz CT molecular complexity index is 300. The van der Waals surface area contributed by atoms with E-state index in [9.17, 15) is 4.79 Å². The first kappa shape index (κ1) is 19.1. The van der Waals surface area contributed by atoms with Gasteiger partial charge >= 0.3 is 0 Å². The summed E-state index contributed by atoms with van der Waals surface area (Å²) in [5.41, 5.74) is 2.42. The van der Waals surface area contributed by atoms with E-state index in [1.807, 2.05) is 12.2 Å². The van der Waals surface area contributed by atoms with Crippen LogP contribution in [0.5, 0.6) is 0 Å². The fourth-order valence-electron chi connectivity index (χ4n) is 2.25. The van der Waals surface area contributed by atoms with E-state index in [0.717, 1.165) is 24.7 Å². The van der Waals surface area contributed by atoms with Gasteiger partial charge in [-0.3, -0.25) is 4.79 Å². The summed E-state index contributed by atoms with van der Waals surface area (Å²) in [5, 5.41) is 0. The fourth-order valence-corrected chi connectivity index (χ4v) is 2.25. The molecule has 1 nitrogen and oxygen atoms in total. The highest BCUT2D eigenvalue weighted by Crippen LogP contribution is 2.13. The van der Waals surface area contributed by atoms with Crippen molar-refractivity contribution in [3.8, 4) is 0 Å². The molecule has 0 rings (SSSR count). The van der Waals surface area contributed by atoms with Gasteiger partial charge in [0, 0.05) is 0 Å². The molecule has 0 aliphatic heterocycles. The number of allylic oxidation sites excluding steroid dienone is 4. The second kappa shape index (κ2) is 10.9. The maximum atomic E-state index is 11.9. The third-order valence-electron chi connectivity index (χ3n) is 3.48. The molecular formula is C19H34O. The molecule has 0 spiro atoms. The van der Waals surface area contributed by atoms with Crippen LogP contribution in [-0.2, 0) is 4.79 Å². The van der Waals surface area contributed by atoms with E-state index >= 15 is 0 Å². The van der Waals surface area contributed by atoms with Crippen LogP contribution in [0.15, 0.2) is 23.3 Å². The highest BCUT2D eigenvalue weighted by atomic mass is 16.1. The Labute approximate surface area is 126 Å². The van der Waals surface area contributed by atoms with E-state index in [1.54, 1.807) is 0 Å². The highest BCUT2D eigenvalue weighted by molar-refractivity contribution is 6.00. The Morgan fingerprint density at radius 1 is 0.800 bits per heavy atom. The first-order chi connectivity index (χ1) is 9.31. The monoisotopic (exact) mass is 278 g/mol. The van der Waals surface area contributed by atoms with Crippen molar-refractivity contribution in [2.45, 2.75) is 80.1 Å². The summed E-state index contributed by atoms with van der Waals surface area (Å²) >= 11 is 0.